The van der Waals surface area contributed by atoms with Crippen molar-refractivity contribution < 1.29 is 22.4 Å². The van der Waals surface area contributed by atoms with Crippen molar-refractivity contribution in [2.45, 2.75) is 127 Å². The number of hydrogen-bond donors (Lipinski definition) is 0. The van der Waals surface area contributed by atoms with E-state index in [2.05, 4.69) is 64.1 Å². The quantitative estimate of drug-likeness (QED) is 0.0676. The number of nitrogens with zero attached hydrogens (tertiary/aromatic N) is 2. The van der Waals surface area contributed by atoms with Gasteiger partial charge in [-0.1, -0.05) is 110 Å². The maximum absolute atomic E-state index is 12.5. The molecule has 0 spiro atoms. The summed E-state index contributed by atoms with van der Waals surface area (Å²) < 4.78 is 48.5. The third-order valence-corrected chi connectivity index (χ3v) is 8.17. The number of carbonyl (C=O) groups is 1. The Kier molecular flexibility index (Phi) is 30.1. The fourth-order valence-corrected chi connectivity index (χ4v) is 4.55. The number of unbranched alkanes of at least 4 members (excludes halogenated alkanes) is 2. The molecule has 0 fully saturated rings. The van der Waals surface area contributed by atoms with Gasteiger partial charge in [-0.05, 0) is 125 Å². The van der Waals surface area contributed by atoms with Crippen LogP contribution in [0.5, 0.6) is 0 Å². The lowest BCUT2D eigenvalue weighted by atomic mass is 10.0. The second kappa shape index (κ2) is 31.0. The second-order valence-electron chi connectivity index (χ2n) is 12.7. The van der Waals surface area contributed by atoms with Crippen LogP contribution in [-0.4, -0.2) is 35.8 Å². The first-order chi connectivity index (χ1) is 24.7. The highest BCUT2D eigenvalue weighted by molar-refractivity contribution is 5.76. The predicted molar refractivity (Wildman–Crippen MR) is 216 cm³/mol. The summed E-state index contributed by atoms with van der Waals surface area (Å²) >= 11 is 0. The van der Waals surface area contributed by atoms with Gasteiger partial charge in [-0.25, -0.2) is 4.39 Å². The molecule has 1 atom stereocenters. The standard InChI is InChI=1S/C14H29N.C11H15F.C9H9F3.C9H9NO.C2H6/c1-6-10-15(12-14(5)8-3)11-9-13(4)7-2;1-2-3-4-5-10-6-8-11(12)9-7-10;1-2-7-3-5-8(6-4-7)9(10,11)12;1-7(2)9-5-8(6-11)3-4-10-9;1-2/h8,13H,6-7,9-12H2,1-5H3;6-9H,2-5H2,1H3;3-6H,2H2,1H3;3-6H,1H2,2H3;1-2H3/b14-8+;;;;. The van der Waals surface area contributed by atoms with Gasteiger partial charge in [-0.3, -0.25) is 14.7 Å². The number of aryl methyl sites for hydroxylation is 2. The van der Waals surface area contributed by atoms with E-state index in [9.17, 15) is 22.4 Å². The van der Waals surface area contributed by atoms with Crippen LogP contribution in [0.1, 0.15) is 141 Å². The molecule has 3 rings (SSSR count). The summed E-state index contributed by atoms with van der Waals surface area (Å²) in [5.74, 6) is 0.726. The molecule has 2 aromatic carbocycles. The fourth-order valence-electron chi connectivity index (χ4n) is 4.55. The Hall–Kier alpha value is -3.58. The maximum atomic E-state index is 12.5. The molecule has 52 heavy (non-hydrogen) atoms. The van der Waals surface area contributed by atoms with Crippen molar-refractivity contribution in [2.24, 2.45) is 5.92 Å². The topological polar surface area (TPSA) is 33.2 Å². The predicted octanol–water partition coefficient (Wildman–Crippen LogP) is 13.9. The minimum atomic E-state index is -4.22. The molecule has 1 heterocycles. The zero-order chi connectivity index (χ0) is 40.0. The van der Waals surface area contributed by atoms with E-state index in [0.717, 1.165) is 60.6 Å². The lowest BCUT2D eigenvalue weighted by Crippen LogP contribution is -2.28. The van der Waals surface area contributed by atoms with Crippen molar-refractivity contribution in [2.75, 3.05) is 19.6 Å². The molecular formula is C45H68F4N2O. The molecule has 3 aromatic rings. The summed E-state index contributed by atoms with van der Waals surface area (Å²) in [4.78, 5) is 16.9. The number of aldehydes is 1. The van der Waals surface area contributed by atoms with Crippen LogP contribution in [0.2, 0.25) is 0 Å². The average Bonchev–Trinajstić information content (AvgIpc) is 3.15. The van der Waals surface area contributed by atoms with Crippen molar-refractivity contribution in [3.63, 3.8) is 0 Å². The molecule has 7 heteroatoms. The van der Waals surface area contributed by atoms with Crippen molar-refractivity contribution in [1.82, 2.24) is 9.88 Å². The van der Waals surface area contributed by atoms with Gasteiger partial charge in [0, 0.05) is 18.3 Å². The molecule has 292 valence electrons. The number of alkyl halides is 3. The molecule has 0 bridgehead atoms. The highest BCUT2D eigenvalue weighted by atomic mass is 19.4. The Balaban J connectivity index is 0. The Bertz CT molecular complexity index is 1350. The van der Waals surface area contributed by atoms with E-state index in [-0.39, 0.29) is 5.82 Å². The van der Waals surface area contributed by atoms with Gasteiger partial charge in [0.15, 0.2) is 0 Å². The molecule has 0 amide bonds. The van der Waals surface area contributed by atoms with Crippen LogP contribution in [0.25, 0.3) is 5.57 Å². The van der Waals surface area contributed by atoms with E-state index in [1.165, 1.54) is 87.0 Å². The highest BCUT2D eigenvalue weighted by Crippen LogP contribution is 2.29. The van der Waals surface area contributed by atoms with Crippen LogP contribution < -0.4 is 0 Å². The van der Waals surface area contributed by atoms with Crippen LogP contribution in [0, 0.1) is 11.7 Å². The lowest BCUT2D eigenvalue weighted by molar-refractivity contribution is -0.137. The van der Waals surface area contributed by atoms with Gasteiger partial charge >= 0.3 is 6.18 Å². The molecule has 0 saturated carbocycles. The van der Waals surface area contributed by atoms with Crippen molar-refractivity contribution >= 4 is 11.9 Å². The summed E-state index contributed by atoms with van der Waals surface area (Å²) in [6.45, 7) is 28.6. The number of hydrogen-bond acceptors (Lipinski definition) is 3. The number of allylic oxidation sites excluding steroid dienone is 2. The largest absolute Gasteiger partial charge is 0.416 e. The number of aromatic nitrogens is 1. The lowest BCUT2D eigenvalue weighted by Gasteiger charge is -2.23. The van der Waals surface area contributed by atoms with Gasteiger partial charge < -0.3 is 0 Å². The van der Waals surface area contributed by atoms with E-state index in [1.54, 1.807) is 18.3 Å². The third kappa shape index (κ3) is 25.4. The molecule has 1 unspecified atom stereocenters. The number of rotatable bonds is 15. The monoisotopic (exact) mass is 729 g/mol. The Morgan fingerprint density at radius 1 is 0.885 bits per heavy atom. The minimum absolute atomic E-state index is 0.144. The molecular weight excluding hydrogens is 661 g/mol. The van der Waals surface area contributed by atoms with Crippen molar-refractivity contribution in [1.29, 1.82) is 0 Å². The summed E-state index contributed by atoms with van der Waals surface area (Å²) in [5.41, 5.74) is 5.35. The fraction of sp³-hybridized carbons (Fsp3) is 0.511. The van der Waals surface area contributed by atoms with Crippen LogP contribution in [0.15, 0.2) is 85.1 Å². The van der Waals surface area contributed by atoms with E-state index in [1.807, 2.05) is 39.8 Å². The smallest absolute Gasteiger partial charge is 0.299 e. The zero-order valence-corrected chi connectivity index (χ0v) is 33.9. The van der Waals surface area contributed by atoms with Crippen LogP contribution in [0.3, 0.4) is 0 Å². The summed E-state index contributed by atoms with van der Waals surface area (Å²) in [7, 11) is 0. The van der Waals surface area contributed by atoms with Crippen LogP contribution in [-0.2, 0) is 19.0 Å². The first-order valence-corrected chi connectivity index (χ1v) is 19.1. The zero-order valence-electron chi connectivity index (χ0n) is 33.9. The van der Waals surface area contributed by atoms with Crippen molar-refractivity contribution in [3.8, 4) is 0 Å². The number of halogens is 4. The number of pyridine rings is 1. The van der Waals surface area contributed by atoms with Crippen LogP contribution in [0.4, 0.5) is 17.6 Å². The molecule has 0 aliphatic heterocycles. The maximum Gasteiger partial charge on any atom is 0.416 e. The minimum Gasteiger partial charge on any atom is -0.299 e. The van der Waals surface area contributed by atoms with Gasteiger partial charge in [0.2, 0.25) is 0 Å². The Morgan fingerprint density at radius 3 is 1.94 bits per heavy atom. The third-order valence-electron chi connectivity index (χ3n) is 8.17. The van der Waals surface area contributed by atoms with E-state index in [0.29, 0.717) is 5.56 Å². The highest BCUT2D eigenvalue weighted by Gasteiger charge is 2.29. The van der Waals surface area contributed by atoms with Gasteiger partial charge in [-0.15, -0.1) is 0 Å². The molecule has 1 aromatic heterocycles. The summed E-state index contributed by atoms with van der Waals surface area (Å²) in [6, 6.07) is 15.4. The van der Waals surface area contributed by atoms with Gasteiger partial charge in [0.05, 0.1) is 11.3 Å². The average molecular weight is 729 g/mol. The van der Waals surface area contributed by atoms with Crippen LogP contribution >= 0.6 is 0 Å². The summed E-state index contributed by atoms with van der Waals surface area (Å²) in [6.07, 6.45) is 9.88. The van der Waals surface area contributed by atoms with E-state index in [4.69, 9.17) is 0 Å². The molecule has 0 radical (unpaired) electrons. The Labute approximate surface area is 314 Å². The second-order valence-corrected chi connectivity index (χ2v) is 12.7. The molecule has 0 saturated heterocycles. The molecule has 0 aliphatic carbocycles. The first kappa shape index (κ1) is 50.5. The van der Waals surface area contributed by atoms with Gasteiger partial charge in [0.1, 0.15) is 12.1 Å². The number of benzene rings is 2. The van der Waals surface area contributed by atoms with Gasteiger partial charge in [-0.2, -0.15) is 13.2 Å². The van der Waals surface area contributed by atoms with E-state index >= 15 is 0 Å². The SMILES string of the molecule is C/C=C(\C)CN(CCC)CCC(C)CC.C=C(C)c1cc(C=O)ccn1.CC.CCCCCc1ccc(F)cc1.CCc1ccc(C(F)(F)F)cc1. The Morgan fingerprint density at radius 2 is 1.48 bits per heavy atom. The first-order valence-electron chi connectivity index (χ1n) is 19.1. The molecule has 0 N–H and O–H groups in total. The summed E-state index contributed by atoms with van der Waals surface area (Å²) in [5, 5.41) is 0. The van der Waals surface area contributed by atoms with Gasteiger partial charge in [0.25, 0.3) is 0 Å². The number of carbonyl (C=O) groups excluding carboxylic acids is 1. The van der Waals surface area contributed by atoms with Crippen molar-refractivity contribution in [3.05, 3.63) is 119 Å². The van der Waals surface area contributed by atoms with E-state index < -0.39 is 11.7 Å². The molecule has 0 aliphatic rings. The normalized spacial score (nSPS) is 11.3. The molecule has 3 nitrogen and oxygen atoms in total.